The Balaban J connectivity index is 0. The minimum absolute atomic E-state index is 0.420. The number of hydrogen-bond acceptors (Lipinski definition) is 1. The van der Waals surface area contributed by atoms with E-state index in [0.29, 0.717) is 11.3 Å². The van der Waals surface area contributed by atoms with E-state index in [9.17, 15) is 0 Å². The van der Waals surface area contributed by atoms with Crippen molar-refractivity contribution in [2.75, 3.05) is 6.54 Å². The largest absolute Gasteiger partial charge is 0.330 e. The van der Waals surface area contributed by atoms with E-state index in [2.05, 4.69) is 41.2 Å². The fourth-order valence-electron chi connectivity index (χ4n) is 1.54. The Morgan fingerprint density at radius 1 is 1.19 bits per heavy atom. The molecule has 0 aromatic carbocycles. The first-order chi connectivity index (χ1) is 7.32. The highest BCUT2D eigenvalue weighted by Gasteiger charge is 2.19. The standard InChI is InChI=1S/C9H21N.C6H12/c1-4-6-9(3,8-10)7-5-2;1-5(2)6(3)4/h4-8,10H2,1-3H3;6H,1H2,2-4H3. The van der Waals surface area contributed by atoms with Crippen molar-refractivity contribution < 1.29 is 0 Å². The van der Waals surface area contributed by atoms with Crippen LogP contribution in [-0.4, -0.2) is 6.54 Å². The van der Waals surface area contributed by atoms with Crippen LogP contribution in [0.2, 0.25) is 0 Å². The summed E-state index contributed by atoms with van der Waals surface area (Å²) in [7, 11) is 0. The topological polar surface area (TPSA) is 26.0 Å². The molecule has 0 amide bonds. The summed E-state index contributed by atoms with van der Waals surface area (Å²) in [6.07, 6.45) is 5.07. The minimum Gasteiger partial charge on any atom is -0.330 e. The fraction of sp³-hybridized carbons (Fsp3) is 0.867. The van der Waals surface area contributed by atoms with E-state index < -0.39 is 0 Å². The van der Waals surface area contributed by atoms with Crippen LogP contribution in [0.4, 0.5) is 0 Å². The van der Waals surface area contributed by atoms with Crippen molar-refractivity contribution in [1.82, 2.24) is 0 Å². The van der Waals surface area contributed by atoms with Crippen LogP contribution in [0.3, 0.4) is 0 Å². The molecular weight excluding hydrogens is 194 g/mol. The van der Waals surface area contributed by atoms with Gasteiger partial charge in [-0.2, -0.15) is 0 Å². The van der Waals surface area contributed by atoms with Crippen LogP contribution in [0.1, 0.15) is 67.2 Å². The van der Waals surface area contributed by atoms with Gasteiger partial charge in [0.25, 0.3) is 0 Å². The molecule has 0 fully saturated rings. The minimum atomic E-state index is 0.420. The van der Waals surface area contributed by atoms with E-state index >= 15 is 0 Å². The number of hydrogen-bond donors (Lipinski definition) is 1. The second kappa shape index (κ2) is 9.89. The maximum Gasteiger partial charge on any atom is -0.00232 e. The van der Waals surface area contributed by atoms with Gasteiger partial charge >= 0.3 is 0 Å². The molecule has 16 heavy (non-hydrogen) atoms. The Kier molecular flexibility index (Phi) is 11.2. The number of nitrogens with two attached hydrogens (primary N) is 1. The van der Waals surface area contributed by atoms with E-state index in [-0.39, 0.29) is 0 Å². The maximum absolute atomic E-state index is 5.68. The van der Waals surface area contributed by atoms with Gasteiger partial charge in [0.2, 0.25) is 0 Å². The molecule has 2 N–H and O–H groups in total. The molecule has 1 heteroatoms. The average Bonchev–Trinajstić information content (AvgIpc) is 2.19. The third-order valence-corrected chi connectivity index (χ3v) is 3.19. The van der Waals surface area contributed by atoms with Crippen molar-refractivity contribution in [1.29, 1.82) is 0 Å². The van der Waals surface area contributed by atoms with Crippen LogP contribution < -0.4 is 5.73 Å². The summed E-state index contributed by atoms with van der Waals surface area (Å²) < 4.78 is 0. The predicted molar refractivity (Wildman–Crippen MR) is 76.6 cm³/mol. The summed E-state index contributed by atoms with van der Waals surface area (Å²) >= 11 is 0. The summed E-state index contributed by atoms with van der Waals surface area (Å²) in [5.41, 5.74) is 7.36. The van der Waals surface area contributed by atoms with Gasteiger partial charge in [-0.15, -0.1) is 0 Å². The smallest absolute Gasteiger partial charge is 0.00232 e. The summed E-state index contributed by atoms with van der Waals surface area (Å²) in [6, 6.07) is 0. The lowest BCUT2D eigenvalue weighted by atomic mass is 9.81. The molecule has 0 rings (SSSR count). The molecular formula is C15H33N. The molecule has 0 heterocycles. The Labute approximate surface area is 104 Å². The molecule has 0 aliphatic heterocycles. The van der Waals surface area contributed by atoms with Crippen molar-refractivity contribution in [3.8, 4) is 0 Å². The Morgan fingerprint density at radius 3 is 1.62 bits per heavy atom. The van der Waals surface area contributed by atoms with Crippen LogP contribution in [0.15, 0.2) is 12.2 Å². The lowest BCUT2D eigenvalue weighted by Gasteiger charge is -2.26. The second-order valence-electron chi connectivity index (χ2n) is 5.52. The van der Waals surface area contributed by atoms with E-state index in [1.807, 2.05) is 6.92 Å². The van der Waals surface area contributed by atoms with Crippen LogP contribution in [0.5, 0.6) is 0 Å². The van der Waals surface area contributed by atoms with Gasteiger partial charge < -0.3 is 5.73 Å². The molecule has 0 saturated carbocycles. The van der Waals surface area contributed by atoms with E-state index in [4.69, 9.17) is 5.73 Å². The van der Waals surface area contributed by atoms with Crippen LogP contribution in [-0.2, 0) is 0 Å². The summed E-state index contributed by atoms with van der Waals surface area (Å²) in [5, 5.41) is 0. The van der Waals surface area contributed by atoms with Crippen LogP contribution in [0, 0.1) is 11.3 Å². The number of allylic oxidation sites excluding steroid dienone is 1. The van der Waals surface area contributed by atoms with Crippen molar-refractivity contribution in [3.05, 3.63) is 12.2 Å². The van der Waals surface area contributed by atoms with Crippen molar-refractivity contribution >= 4 is 0 Å². The summed E-state index contributed by atoms with van der Waals surface area (Å²) in [4.78, 5) is 0. The highest BCUT2D eigenvalue weighted by molar-refractivity contribution is 4.90. The van der Waals surface area contributed by atoms with Gasteiger partial charge in [-0.05, 0) is 37.6 Å². The van der Waals surface area contributed by atoms with Gasteiger partial charge in [0, 0.05) is 0 Å². The Hall–Kier alpha value is -0.300. The molecule has 0 aromatic heterocycles. The quantitative estimate of drug-likeness (QED) is 0.650. The third kappa shape index (κ3) is 10.2. The van der Waals surface area contributed by atoms with Crippen molar-refractivity contribution in [3.63, 3.8) is 0 Å². The lowest BCUT2D eigenvalue weighted by Crippen LogP contribution is -2.26. The van der Waals surface area contributed by atoms with Crippen LogP contribution >= 0.6 is 0 Å². The first-order valence-electron chi connectivity index (χ1n) is 6.68. The number of rotatable bonds is 6. The van der Waals surface area contributed by atoms with E-state index in [0.717, 1.165) is 6.54 Å². The molecule has 0 bridgehead atoms. The summed E-state index contributed by atoms with van der Waals surface area (Å²) in [6.45, 7) is 17.7. The molecule has 98 valence electrons. The maximum atomic E-state index is 5.68. The fourth-order valence-corrected chi connectivity index (χ4v) is 1.54. The molecule has 0 atom stereocenters. The first kappa shape index (κ1) is 18.1. The highest BCUT2D eigenvalue weighted by atomic mass is 14.6. The lowest BCUT2D eigenvalue weighted by molar-refractivity contribution is 0.277. The van der Waals surface area contributed by atoms with Crippen LogP contribution in [0.25, 0.3) is 0 Å². The predicted octanol–water partition coefficient (Wildman–Crippen LogP) is 4.77. The molecule has 0 unspecified atom stereocenters. The molecule has 0 saturated heterocycles. The monoisotopic (exact) mass is 227 g/mol. The van der Waals surface area contributed by atoms with Gasteiger partial charge in [-0.3, -0.25) is 0 Å². The zero-order valence-corrected chi connectivity index (χ0v) is 12.4. The summed E-state index contributed by atoms with van der Waals surface area (Å²) in [5.74, 6) is 0.657. The third-order valence-electron chi connectivity index (χ3n) is 3.19. The molecule has 0 radical (unpaired) electrons. The highest BCUT2D eigenvalue weighted by Crippen LogP contribution is 2.27. The molecule has 0 spiro atoms. The van der Waals surface area contributed by atoms with Gasteiger partial charge in [-0.25, -0.2) is 0 Å². The molecule has 0 aliphatic carbocycles. The molecule has 0 aromatic rings. The van der Waals surface area contributed by atoms with Crippen molar-refractivity contribution in [2.24, 2.45) is 17.1 Å². The first-order valence-corrected chi connectivity index (χ1v) is 6.68. The zero-order chi connectivity index (χ0) is 13.2. The van der Waals surface area contributed by atoms with Gasteiger partial charge in [-0.1, -0.05) is 59.6 Å². The Bertz CT molecular complexity index is 164. The van der Waals surface area contributed by atoms with E-state index in [1.165, 1.54) is 31.3 Å². The van der Waals surface area contributed by atoms with E-state index in [1.54, 1.807) is 0 Å². The van der Waals surface area contributed by atoms with Gasteiger partial charge in [0.1, 0.15) is 0 Å². The normalized spacial score (nSPS) is 11.0. The Morgan fingerprint density at radius 2 is 1.50 bits per heavy atom. The van der Waals surface area contributed by atoms with Crippen molar-refractivity contribution in [2.45, 2.75) is 67.2 Å². The SMILES string of the molecule is C=C(C)C(C)C.CCCC(C)(CN)CCC. The second-order valence-corrected chi connectivity index (χ2v) is 5.52. The van der Waals surface area contributed by atoms with Gasteiger partial charge in [0.05, 0.1) is 0 Å². The molecule has 1 nitrogen and oxygen atoms in total. The molecule has 0 aliphatic rings. The average molecular weight is 227 g/mol. The van der Waals surface area contributed by atoms with Gasteiger partial charge in [0.15, 0.2) is 0 Å². The zero-order valence-electron chi connectivity index (χ0n) is 12.4.